The number of ether oxygens (including phenoxy) is 1. The third-order valence-electron chi connectivity index (χ3n) is 4.58. The molecule has 3 aromatic rings. The van der Waals surface area contributed by atoms with Crippen molar-refractivity contribution < 1.29 is 13.9 Å². The molecule has 4 heteroatoms. The first-order valence-electron chi connectivity index (χ1n) is 9.44. The van der Waals surface area contributed by atoms with Gasteiger partial charge in [-0.3, -0.25) is 9.59 Å². The number of esters is 1. The Labute approximate surface area is 158 Å². The second-order valence-electron chi connectivity index (χ2n) is 6.54. The molecule has 3 rings (SSSR count). The van der Waals surface area contributed by atoms with E-state index >= 15 is 0 Å². The summed E-state index contributed by atoms with van der Waals surface area (Å²) in [6.45, 7) is 2.26. The fraction of sp³-hybridized carbons (Fsp3) is 0.304. The average molecular weight is 364 g/mol. The third kappa shape index (κ3) is 4.85. The van der Waals surface area contributed by atoms with E-state index in [2.05, 4.69) is 0 Å². The van der Waals surface area contributed by atoms with Crippen molar-refractivity contribution in [3.05, 3.63) is 70.6 Å². The van der Waals surface area contributed by atoms with E-state index in [0.29, 0.717) is 29.6 Å². The van der Waals surface area contributed by atoms with Crippen molar-refractivity contribution in [3.8, 4) is 11.1 Å². The van der Waals surface area contributed by atoms with E-state index in [9.17, 15) is 9.59 Å². The van der Waals surface area contributed by atoms with E-state index in [4.69, 9.17) is 9.15 Å². The molecule has 4 nitrogen and oxygen atoms in total. The van der Waals surface area contributed by atoms with E-state index < -0.39 is 0 Å². The first-order valence-corrected chi connectivity index (χ1v) is 9.44. The van der Waals surface area contributed by atoms with Gasteiger partial charge in [-0.25, -0.2) is 0 Å². The zero-order valence-electron chi connectivity index (χ0n) is 15.6. The normalized spacial score (nSPS) is 10.9. The largest absolute Gasteiger partial charge is 0.466 e. The highest BCUT2D eigenvalue weighted by Gasteiger charge is 2.09. The molecule has 0 aliphatic carbocycles. The lowest BCUT2D eigenvalue weighted by Crippen LogP contribution is -2.05. The zero-order valence-corrected chi connectivity index (χ0v) is 15.6. The van der Waals surface area contributed by atoms with Crippen LogP contribution in [0.3, 0.4) is 0 Å². The molecule has 27 heavy (non-hydrogen) atoms. The number of benzene rings is 2. The van der Waals surface area contributed by atoms with Gasteiger partial charge in [0, 0.05) is 6.42 Å². The number of rotatable bonds is 8. The maximum Gasteiger partial charge on any atom is 0.305 e. The van der Waals surface area contributed by atoms with Crippen molar-refractivity contribution in [2.75, 3.05) is 6.61 Å². The molecule has 0 amide bonds. The van der Waals surface area contributed by atoms with E-state index in [-0.39, 0.29) is 11.4 Å². The fourth-order valence-corrected chi connectivity index (χ4v) is 3.15. The summed E-state index contributed by atoms with van der Waals surface area (Å²) >= 11 is 0. The van der Waals surface area contributed by atoms with Gasteiger partial charge < -0.3 is 9.15 Å². The van der Waals surface area contributed by atoms with Gasteiger partial charge in [-0.2, -0.15) is 0 Å². The fourth-order valence-electron chi connectivity index (χ4n) is 3.15. The molecule has 1 aromatic heterocycles. The molecule has 1 heterocycles. The Bertz CT molecular complexity index is 957. The highest BCUT2D eigenvalue weighted by molar-refractivity contribution is 5.82. The maximum atomic E-state index is 12.8. The number of unbranched alkanes of at least 4 members (excludes halogenated alkanes) is 2. The van der Waals surface area contributed by atoms with Crippen molar-refractivity contribution in [2.45, 2.75) is 39.0 Å². The maximum absolute atomic E-state index is 12.8. The van der Waals surface area contributed by atoms with Crippen molar-refractivity contribution in [3.63, 3.8) is 0 Å². The van der Waals surface area contributed by atoms with Crippen molar-refractivity contribution in [2.24, 2.45) is 0 Å². The molecule has 0 atom stereocenters. The summed E-state index contributed by atoms with van der Waals surface area (Å²) in [5.41, 5.74) is 3.18. The summed E-state index contributed by atoms with van der Waals surface area (Å²) in [5, 5.41) is 0.599. The Morgan fingerprint density at radius 1 is 1.04 bits per heavy atom. The minimum Gasteiger partial charge on any atom is -0.466 e. The Hall–Kier alpha value is -2.88. The molecule has 0 aliphatic rings. The van der Waals surface area contributed by atoms with Crippen LogP contribution in [0.15, 0.2) is 64.0 Å². The molecule has 2 aromatic carbocycles. The van der Waals surface area contributed by atoms with Crippen LogP contribution in [-0.2, 0) is 16.0 Å². The summed E-state index contributed by atoms with van der Waals surface area (Å²) in [7, 11) is 0. The highest BCUT2D eigenvalue weighted by Crippen LogP contribution is 2.21. The number of aryl methyl sites for hydroxylation is 1. The van der Waals surface area contributed by atoms with Gasteiger partial charge in [0.05, 0.1) is 17.6 Å². The summed E-state index contributed by atoms with van der Waals surface area (Å²) in [6, 6.07) is 15.3. The predicted molar refractivity (Wildman–Crippen MR) is 107 cm³/mol. The monoisotopic (exact) mass is 364 g/mol. The number of fused-ring (bicyclic) bond motifs is 1. The molecular weight excluding hydrogens is 340 g/mol. The Morgan fingerprint density at radius 2 is 1.85 bits per heavy atom. The molecule has 0 bridgehead atoms. The minimum atomic E-state index is -0.126. The standard InChI is InChI=1S/C23H24O4/c1-2-26-22(24)12-8-3-5-9-17-13-14-19-21(15-17)27-16-20(23(19)25)18-10-6-4-7-11-18/h4,6-7,10-11,13-16H,2-3,5,8-9,12H2,1H3. The number of hydrogen-bond donors (Lipinski definition) is 0. The van der Waals surface area contributed by atoms with Gasteiger partial charge in [0.25, 0.3) is 0 Å². The Balaban J connectivity index is 1.64. The van der Waals surface area contributed by atoms with E-state index in [0.717, 1.165) is 36.8 Å². The molecule has 0 unspecified atom stereocenters. The van der Waals surface area contributed by atoms with Crippen molar-refractivity contribution >= 4 is 16.9 Å². The van der Waals surface area contributed by atoms with Crippen LogP contribution in [0.1, 0.15) is 38.2 Å². The van der Waals surface area contributed by atoms with E-state index in [1.807, 2.05) is 55.5 Å². The van der Waals surface area contributed by atoms with Gasteiger partial charge in [-0.15, -0.1) is 0 Å². The molecule has 140 valence electrons. The molecule has 0 N–H and O–H groups in total. The topological polar surface area (TPSA) is 56.5 Å². The quantitative estimate of drug-likeness (QED) is 0.411. The average Bonchev–Trinajstić information content (AvgIpc) is 2.69. The number of carbonyl (C=O) groups excluding carboxylic acids is 1. The molecule has 0 spiro atoms. The predicted octanol–water partition coefficient (Wildman–Crippen LogP) is 5.13. The lowest BCUT2D eigenvalue weighted by atomic mass is 10.0. The van der Waals surface area contributed by atoms with Crippen molar-refractivity contribution in [1.29, 1.82) is 0 Å². The highest BCUT2D eigenvalue weighted by atomic mass is 16.5. The number of hydrogen-bond acceptors (Lipinski definition) is 4. The van der Waals surface area contributed by atoms with Gasteiger partial charge >= 0.3 is 5.97 Å². The van der Waals surface area contributed by atoms with Gasteiger partial charge in [0.2, 0.25) is 0 Å². The van der Waals surface area contributed by atoms with Crippen LogP contribution < -0.4 is 5.43 Å². The van der Waals surface area contributed by atoms with Gasteiger partial charge in [-0.05, 0) is 49.4 Å². The number of carbonyl (C=O) groups is 1. The summed E-state index contributed by atoms with van der Waals surface area (Å²) in [6.07, 6.45) is 5.70. The summed E-state index contributed by atoms with van der Waals surface area (Å²) in [5.74, 6) is -0.126. The van der Waals surface area contributed by atoms with Gasteiger partial charge in [-0.1, -0.05) is 42.8 Å². The lowest BCUT2D eigenvalue weighted by Gasteiger charge is -2.06. The summed E-state index contributed by atoms with van der Waals surface area (Å²) in [4.78, 5) is 24.1. The molecule has 0 saturated heterocycles. The van der Waals surface area contributed by atoms with E-state index in [1.54, 1.807) is 6.26 Å². The van der Waals surface area contributed by atoms with Crippen LogP contribution in [0.25, 0.3) is 22.1 Å². The van der Waals surface area contributed by atoms with Crippen LogP contribution in [0.5, 0.6) is 0 Å². The van der Waals surface area contributed by atoms with Crippen LogP contribution >= 0.6 is 0 Å². The third-order valence-corrected chi connectivity index (χ3v) is 4.58. The second-order valence-corrected chi connectivity index (χ2v) is 6.54. The van der Waals surface area contributed by atoms with Crippen LogP contribution in [0.4, 0.5) is 0 Å². The van der Waals surface area contributed by atoms with Crippen LogP contribution in [-0.4, -0.2) is 12.6 Å². The molecule has 0 aliphatic heterocycles. The lowest BCUT2D eigenvalue weighted by molar-refractivity contribution is -0.143. The van der Waals surface area contributed by atoms with Crippen LogP contribution in [0.2, 0.25) is 0 Å². The molecular formula is C23H24O4. The van der Waals surface area contributed by atoms with Gasteiger partial charge in [0.15, 0.2) is 5.43 Å². The van der Waals surface area contributed by atoms with Gasteiger partial charge in [0.1, 0.15) is 11.8 Å². The van der Waals surface area contributed by atoms with Crippen LogP contribution in [0, 0.1) is 0 Å². The first kappa shape index (κ1) is 18.9. The molecule has 0 saturated carbocycles. The van der Waals surface area contributed by atoms with Crippen molar-refractivity contribution in [1.82, 2.24) is 0 Å². The minimum absolute atomic E-state index is 0.0107. The van der Waals surface area contributed by atoms with E-state index in [1.165, 1.54) is 0 Å². The smallest absolute Gasteiger partial charge is 0.305 e. The SMILES string of the molecule is CCOC(=O)CCCCCc1ccc2c(=O)c(-c3ccccc3)coc2c1. The first-order chi connectivity index (χ1) is 13.2. The summed E-state index contributed by atoms with van der Waals surface area (Å²) < 4.78 is 10.7. The zero-order chi connectivity index (χ0) is 19.1. The Kier molecular flexibility index (Phi) is 6.42. The molecule has 0 radical (unpaired) electrons. The Morgan fingerprint density at radius 3 is 2.63 bits per heavy atom. The molecule has 0 fully saturated rings. The second kappa shape index (κ2) is 9.17.